The fraction of sp³-hybridized carbons (Fsp3) is 0.400. The predicted molar refractivity (Wildman–Crippen MR) is 95.8 cm³/mol. The third kappa shape index (κ3) is 5.73. The lowest BCUT2D eigenvalue weighted by molar-refractivity contribution is 0.305. The van der Waals surface area contributed by atoms with Crippen molar-refractivity contribution in [3.63, 3.8) is 0 Å². The van der Waals surface area contributed by atoms with Crippen LogP contribution in [-0.4, -0.2) is 12.5 Å². The fourth-order valence-corrected chi connectivity index (χ4v) is 2.72. The average molecular weight is 317 g/mol. The summed E-state index contributed by atoms with van der Waals surface area (Å²) in [5, 5.41) is 0. The van der Waals surface area contributed by atoms with Gasteiger partial charge in [0.2, 0.25) is 0 Å². The van der Waals surface area contributed by atoms with Crippen LogP contribution in [0.1, 0.15) is 38.5 Å². The first-order valence-corrected chi connectivity index (χ1v) is 8.78. The molecule has 0 saturated carbocycles. The number of unbranched alkanes of at least 4 members (excludes halogenated alkanes) is 5. The van der Waals surface area contributed by atoms with Crippen LogP contribution in [0, 0.1) is 0 Å². The quantitative estimate of drug-likeness (QED) is 0.368. The highest BCUT2D eigenvalue weighted by Gasteiger charge is 2.04. The standard InChI is InChI=1S/C20H25ClO/c21-16-10-3-1-2-4-11-17-22-20-15-9-8-14-19(20)18-12-6-5-7-13-18/h5-9,12-15H,1-4,10-11,16-17H2. The maximum Gasteiger partial charge on any atom is 0.127 e. The molecule has 2 aromatic carbocycles. The summed E-state index contributed by atoms with van der Waals surface area (Å²) >= 11 is 5.68. The molecule has 0 heterocycles. The highest BCUT2D eigenvalue weighted by molar-refractivity contribution is 6.17. The van der Waals surface area contributed by atoms with Crippen molar-refractivity contribution in [1.82, 2.24) is 0 Å². The second-order valence-corrected chi connectivity index (χ2v) is 5.90. The van der Waals surface area contributed by atoms with E-state index in [0.29, 0.717) is 0 Å². The van der Waals surface area contributed by atoms with Crippen LogP contribution in [0.3, 0.4) is 0 Å². The van der Waals surface area contributed by atoms with Gasteiger partial charge in [0.25, 0.3) is 0 Å². The Morgan fingerprint density at radius 3 is 2.09 bits per heavy atom. The van der Waals surface area contributed by atoms with E-state index in [1.54, 1.807) is 0 Å². The van der Waals surface area contributed by atoms with Crippen LogP contribution in [0.2, 0.25) is 0 Å². The maximum absolute atomic E-state index is 6.00. The van der Waals surface area contributed by atoms with Crippen LogP contribution in [0.4, 0.5) is 0 Å². The minimum Gasteiger partial charge on any atom is -0.493 e. The molecule has 0 unspecified atom stereocenters. The van der Waals surface area contributed by atoms with Crippen LogP contribution in [-0.2, 0) is 0 Å². The molecule has 0 aliphatic carbocycles. The van der Waals surface area contributed by atoms with Crippen LogP contribution in [0.5, 0.6) is 5.75 Å². The maximum atomic E-state index is 6.00. The molecule has 0 spiro atoms. The Bertz CT molecular complexity index is 524. The van der Waals surface area contributed by atoms with Gasteiger partial charge in [0.15, 0.2) is 0 Å². The Morgan fingerprint density at radius 1 is 0.682 bits per heavy atom. The van der Waals surface area contributed by atoms with Gasteiger partial charge in [-0.2, -0.15) is 0 Å². The molecule has 0 N–H and O–H groups in total. The highest BCUT2D eigenvalue weighted by Crippen LogP contribution is 2.29. The monoisotopic (exact) mass is 316 g/mol. The van der Waals surface area contributed by atoms with Crippen LogP contribution in [0.25, 0.3) is 11.1 Å². The minimum atomic E-state index is 0.791. The van der Waals surface area contributed by atoms with Gasteiger partial charge < -0.3 is 4.74 Å². The van der Waals surface area contributed by atoms with Crippen LogP contribution >= 0.6 is 11.6 Å². The van der Waals surface area contributed by atoms with E-state index in [1.165, 1.54) is 36.8 Å². The molecule has 0 aromatic heterocycles. The van der Waals surface area contributed by atoms with E-state index in [1.807, 2.05) is 12.1 Å². The summed E-state index contributed by atoms with van der Waals surface area (Å²) in [6.07, 6.45) is 7.30. The molecule has 1 nitrogen and oxygen atoms in total. The smallest absolute Gasteiger partial charge is 0.127 e. The highest BCUT2D eigenvalue weighted by atomic mass is 35.5. The molecule has 2 heteroatoms. The minimum absolute atomic E-state index is 0.791. The number of halogens is 1. The van der Waals surface area contributed by atoms with Gasteiger partial charge in [0, 0.05) is 11.4 Å². The number of rotatable bonds is 10. The molecule has 2 rings (SSSR count). The summed E-state index contributed by atoms with van der Waals surface area (Å²) in [5.74, 6) is 1.77. The van der Waals surface area contributed by atoms with Crippen molar-refractivity contribution in [2.75, 3.05) is 12.5 Å². The van der Waals surface area contributed by atoms with Crippen LogP contribution in [0.15, 0.2) is 54.6 Å². The predicted octanol–water partition coefficient (Wildman–Crippen LogP) is 6.31. The van der Waals surface area contributed by atoms with Crippen molar-refractivity contribution in [3.8, 4) is 16.9 Å². The molecule has 0 radical (unpaired) electrons. The zero-order valence-corrected chi connectivity index (χ0v) is 13.9. The Labute approximate surface area is 139 Å². The summed E-state index contributed by atoms with van der Waals surface area (Å²) < 4.78 is 6.00. The Kier molecular flexibility index (Phi) is 7.90. The summed E-state index contributed by atoms with van der Waals surface area (Å²) in [4.78, 5) is 0. The first kappa shape index (κ1) is 16.9. The van der Waals surface area contributed by atoms with E-state index >= 15 is 0 Å². The van der Waals surface area contributed by atoms with Gasteiger partial charge in [-0.1, -0.05) is 74.2 Å². The van der Waals surface area contributed by atoms with Gasteiger partial charge >= 0.3 is 0 Å². The molecule has 0 aliphatic heterocycles. The lowest BCUT2D eigenvalue weighted by atomic mass is 10.0. The molecule has 0 aliphatic rings. The third-order valence-electron chi connectivity index (χ3n) is 3.76. The van der Waals surface area contributed by atoms with Gasteiger partial charge in [0.05, 0.1) is 6.61 Å². The van der Waals surface area contributed by atoms with E-state index in [-0.39, 0.29) is 0 Å². The van der Waals surface area contributed by atoms with Crippen molar-refractivity contribution < 1.29 is 4.74 Å². The lowest BCUT2D eigenvalue weighted by Gasteiger charge is -2.11. The number of alkyl halides is 1. The fourth-order valence-electron chi connectivity index (χ4n) is 2.53. The molecule has 22 heavy (non-hydrogen) atoms. The van der Waals surface area contributed by atoms with Crippen molar-refractivity contribution in [2.45, 2.75) is 38.5 Å². The number of benzene rings is 2. The van der Waals surface area contributed by atoms with Crippen molar-refractivity contribution in [3.05, 3.63) is 54.6 Å². The molecule has 118 valence electrons. The zero-order valence-electron chi connectivity index (χ0n) is 13.1. The second-order valence-electron chi connectivity index (χ2n) is 5.52. The first-order chi connectivity index (χ1) is 10.9. The lowest BCUT2D eigenvalue weighted by Crippen LogP contribution is -1.98. The van der Waals surface area contributed by atoms with E-state index in [4.69, 9.17) is 16.3 Å². The topological polar surface area (TPSA) is 9.23 Å². The summed E-state index contributed by atoms with van der Waals surface area (Å²) in [5.41, 5.74) is 2.38. The van der Waals surface area contributed by atoms with E-state index in [9.17, 15) is 0 Å². The van der Waals surface area contributed by atoms with Gasteiger partial charge in [-0.3, -0.25) is 0 Å². The Morgan fingerprint density at radius 2 is 1.32 bits per heavy atom. The Balaban J connectivity index is 1.77. The van der Waals surface area contributed by atoms with E-state index in [2.05, 4.69) is 42.5 Å². The van der Waals surface area contributed by atoms with Crippen LogP contribution < -0.4 is 4.74 Å². The Hall–Kier alpha value is -1.47. The van der Waals surface area contributed by atoms with Crippen molar-refractivity contribution in [2.24, 2.45) is 0 Å². The molecule has 0 bridgehead atoms. The normalized spacial score (nSPS) is 10.6. The van der Waals surface area contributed by atoms with E-state index in [0.717, 1.165) is 31.1 Å². The SMILES string of the molecule is ClCCCCCCCCOc1ccccc1-c1ccccc1. The van der Waals surface area contributed by atoms with Crippen molar-refractivity contribution in [1.29, 1.82) is 0 Å². The molecule has 0 amide bonds. The molecular formula is C20H25ClO. The molecular weight excluding hydrogens is 292 g/mol. The summed E-state index contributed by atoms with van der Waals surface area (Å²) in [6, 6.07) is 18.7. The third-order valence-corrected chi connectivity index (χ3v) is 4.02. The molecule has 2 aromatic rings. The van der Waals surface area contributed by atoms with Gasteiger partial charge in [-0.15, -0.1) is 11.6 Å². The molecule has 0 fully saturated rings. The largest absolute Gasteiger partial charge is 0.493 e. The number of hydrogen-bond acceptors (Lipinski definition) is 1. The van der Waals surface area contributed by atoms with Gasteiger partial charge in [0.1, 0.15) is 5.75 Å². The van der Waals surface area contributed by atoms with E-state index < -0.39 is 0 Å². The summed E-state index contributed by atoms with van der Waals surface area (Å²) in [6.45, 7) is 0.791. The summed E-state index contributed by atoms with van der Waals surface area (Å²) in [7, 11) is 0. The number of ether oxygens (including phenoxy) is 1. The molecule has 0 saturated heterocycles. The van der Waals surface area contributed by atoms with Gasteiger partial charge in [-0.05, 0) is 24.5 Å². The number of hydrogen-bond donors (Lipinski definition) is 0. The first-order valence-electron chi connectivity index (χ1n) is 8.25. The molecule has 0 atom stereocenters. The average Bonchev–Trinajstić information content (AvgIpc) is 2.58. The zero-order chi connectivity index (χ0) is 15.5. The number of para-hydroxylation sites is 1. The second kappa shape index (κ2) is 10.3. The van der Waals surface area contributed by atoms with Crippen molar-refractivity contribution >= 4 is 11.6 Å². The van der Waals surface area contributed by atoms with Gasteiger partial charge in [-0.25, -0.2) is 0 Å².